The Morgan fingerprint density at radius 2 is 1.71 bits per heavy atom. The highest BCUT2D eigenvalue weighted by Gasteiger charge is 2.44. The number of ketones is 1. The number of rotatable bonds is 6. The minimum Gasteiger partial charge on any atom is -0.459 e. The number of aliphatic imine (C=N–C) groups is 1. The zero-order valence-electron chi connectivity index (χ0n) is 19.0. The summed E-state index contributed by atoms with van der Waals surface area (Å²) in [7, 11) is 0. The summed E-state index contributed by atoms with van der Waals surface area (Å²) in [6.07, 6.45) is 6.29. The molecule has 2 saturated carbocycles. The van der Waals surface area contributed by atoms with Gasteiger partial charge in [0.2, 0.25) is 0 Å². The van der Waals surface area contributed by atoms with Crippen LogP contribution in [0.1, 0.15) is 77.2 Å². The maximum absolute atomic E-state index is 13.3. The molecule has 0 spiro atoms. The van der Waals surface area contributed by atoms with Gasteiger partial charge in [0.15, 0.2) is 0 Å². The van der Waals surface area contributed by atoms with Crippen LogP contribution in [0.3, 0.4) is 0 Å². The maximum Gasteiger partial charge on any atom is 0.336 e. The van der Waals surface area contributed by atoms with E-state index in [1.165, 1.54) is 0 Å². The van der Waals surface area contributed by atoms with E-state index in [0.717, 1.165) is 68.6 Å². The first kappa shape index (κ1) is 21.8. The number of carbonyl (C=O) groups is 2. The first-order chi connectivity index (χ1) is 15.0. The Kier molecular flexibility index (Phi) is 6.59. The van der Waals surface area contributed by atoms with Crippen molar-refractivity contribution in [1.29, 1.82) is 0 Å². The maximum atomic E-state index is 13.3. The van der Waals surface area contributed by atoms with E-state index in [1.54, 1.807) is 0 Å². The van der Waals surface area contributed by atoms with Crippen LogP contribution in [0.4, 0.5) is 5.69 Å². The van der Waals surface area contributed by atoms with Crippen LogP contribution < -0.4 is 4.90 Å². The van der Waals surface area contributed by atoms with Crippen molar-refractivity contribution in [3.63, 3.8) is 0 Å². The molecule has 0 bridgehead atoms. The average Bonchev–Trinajstić information content (AvgIpc) is 3.27. The number of ether oxygens (including phenoxy) is 1. The van der Waals surface area contributed by atoms with Crippen LogP contribution in [0.25, 0.3) is 0 Å². The van der Waals surface area contributed by atoms with Crippen molar-refractivity contribution < 1.29 is 14.3 Å². The van der Waals surface area contributed by atoms with Crippen molar-refractivity contribution in [2.45, 2.75) is 77.7 Å². The lowest BCUT2D eigenvalue weighted by atomic mass is 9.69. The number of esters is 1. The standard InChI is InChI=1S/C26H34N2O3/c1-4-28(5-2)19-15-13-18(14-16-19)24-23(26(30)31-20-9-6-7-10-20)17(3)27-21-11-8-12-22(29)25(21)24/h13-16,20,24-25H,4-12H2,1-3H3/t24-,25?/m0/s1. The third-order valence-corrected chi connectivity index (χ3v) is 7.08. The smallest absolute Gasteiger partial charge is 0.336 e. The molecule has 1 aromatic rings. The van der Waals surface area contributed by atoms with Gasteiger partial charge in [-0.3, -0.25) is 9.79 Å². The Balaban J connectivity index is 1.72. The van der Waals surface area contributed by atoms with Crippen LogP contribution >= 0.6 is 0 Å². The lowest BCUT2D eigenvalue weighted by Gasteiger charge is -2.36. The molecule has 0 N–H and O–H groups in total. The monoisotopic (exact) mass is 422 g/mol. The van der Waals surface area contributed by atoms with Crippen LogP contribution in [0.5, 0.6) is 0 Å². The summed E-state index contributed by atoms with van der Waals surface area (Å²) in [6.45, 7) is 8.06. The number of fused-ring (bicyclic) bond motifs is 1. The van der Waals surface area contributed by atoms with E-state index in [-0.39, 0.29) is 29.7 Å². The van der Waals surface area contributed by atoms with Gasteiger partial charge in [-0.05, 0) is 77.0 Å². The van der Waals surface area contributed by atoms with Crippen LogP contribution in [0.15, 0.2) is 40.5 Å². The molecule has 2 aliphatic carbocycles. The predicted molar refractivity (Wildman–Crippen MR) is 124 cm³/mol. The van der Waals surface area contributed by atoms with E-state index in [9.17, 15) is 9.59 Å². The van der Waals surface area contributed by atoms with Crippen molar-refractivity contribution in [3.8, 4) is 0 Å². The summed E-state index contributed by atoms with van der Waals surface area (Å²) in [5.41, 5.74) is 4.38. The molecule has 0 amide bonds. The molecule has 1 heterocycles. The Morgan fingerprint density at radius 1 is 1.03 bits per heavy atom. The molecule has 2 atom stereocenters. The van der Waals surface area contributed by atoms with Gasteiger partial charge in [0.05, 0.1) is 11.5 Å². The van der Waals surface area contributed by atoms with Crippen molar-refractivity contribution in [3.05, 3.63) is 41.1 Å². The van der Waals surface area contributed by atoms with Crippen molar-refractivity contribution >= 4 is 23.2 Å². The molecule has 166 valence electrons. The first-order valence-corrected chi connectivity index (χ1v) is 11.9. The number of anilines is 1. The van der Waals surface area contributed by atoms with E-state index in [0.29, 0.717) is 17.7 Å². The van der Waals surface area contributed by atoms with Gasteiger partial charge in [0.1, 0.15) is 11.9 Å². The normalized spacial score (nSPS) is 24.1. The molecule has 5 nitrogen and oxygen atoms in total. The Labute approximate surface area is 185 Å². The van der Waals surface area contributed by atoms with Gasteiger partial charge in [0.25, 0.3) is 0 Å². The number of Topliss-reactive ketones (excluding diaryl/α,β-unsaturated/α-hetero) is 1. The second-order valence-corrected chi connectivity index (χ2v) is 8.95. The van der Waals surface area contributed by atoms with E-state index < -0.39 is 0 Å². The molecule has 3 aliphatic rings. The number of hydrogen-bond acceptors (Lipinski definition) is 5. The first-order valence-electron chi connectivity index (χ1n) is 11.9. The minimum absolute atomic E-state index is 0.00840. The number of hydrogen-bond donors (Lipinski definition) is 0. The fourth-order valence-corrected chi connectivity index (χ4v) is 5.45. The second kappa shape index (κ2) is 9.37. The van der Waals surface area contributed by atoms with Crippen LogP contribution in [-0.4, -0.2) is 36.7 Å². The largest absolute Gasteiger partial charge is 0.459 e. The highest BCUT2D eigenvalue weighted by atomic mass is 16.5. The van der Waals surface area contributed by atoms with E-state index >= 15 is 0 Å². The summed E-state index contributed by atoms with van der Waals surface area (Å²) in [6, 6.07) is 8.38. The lowest BCUT2D eigenvalue weighted by molar-refractivity contribution is -0.144. The van der Waals surface area contributed by atoms with E-state index in [2.05, 4.69) is 43.0 Å². The van der Waals surface area contributed by atoms with Crippen molar-refractivity contribution in [1.82, 2.24) is 0 Å². The molecule has 2 fully saturated rings. The van der Waals surface area contributed by atoms with Gasteiger partial charge >= 0.3 is 5.97 Å². The SMILES string of the molecule is CCN(CC)c1ccc([C@H]2C(C(=O)OC3CCCC3)=C(C)N=C3CCCC(=O)C32)cc1. The van der Waals surface area contributed by atoms with Gasteiger partial charge in [0, 0.05) is 42.5 Å². The Hall–Kier alpha value is -2.43. The predicted octanol–water partition coefficient (Wildman–Crippen LogP) is 5.20. The zero-order valence-corrected chi connectivity index (χ0v) is 19.0. The van der Waals surface area contributed by atoms with Gasteiger partial charge in [-0.1, -0.05) is 12.1 Å². The number of carbonyl (C=O) groups excluding carboxylic acids is 2. The number of benzene rings is 1. The molecule has 0 radical (unpaired) electrons. The summed E-state index contributed by atoms with van der Waals surface area (Å²) < 4.78 is 5.90. The molecule has 31 heavy (non-hydrogen) atoms. The summed E-state index contributed by atoms with van der Waals surface area (Å²) in [5.74, 6) is -0.743. The number of nitrogens with zero attached hydrogens (tertiary/aromatic N) is 2. The third kappa shape index (κ3) is 4.32. The average molecular weight is 423 g/mol. The Morgan fingerprint density at radius 3 is 2.35 bits per heavy atom. The highest BCUT2D eigenvalue weighted by Crippen LogP contribution is 2.43. The highest BCUT2D eigenvalue weighted by molar-refractivity contribution is 6.11. The molecule has 1 unspecified atom stereocenters. The van der Waals surface area contributed by atoms with E-state index in [1.807, 2.05) is 6.92 Å². The van der Waals surface area contributed by atoms with Crippen LogP contribution in [0, 0.1) is 5.92 Å². The second-order valence-electron chi connectivity index (χ2n) is 8.95. The van der Waals surface area contributed by atoms with Gasteiger partial charge in [-0.15, -0.1) is 0 Å². The minimum atomic E-state index is -0.345. The third-order valence-electron chi connectivity index (χ3n) is 7.08. The van der Waals surface area contributed by atoms with Crippen molar-refractivity contribution in [2.75, 3.05) is 18.0 Å². The zero-order chi connectivity index (χ0) is 22.0. The molecule has 1 aromatic carbocycles. The van der Waals surface area contributed by atoms with E-state index in [4.69, 9.17) is 9.73 Å². The van der Waals surface area contributed by atoms with Crippen molar-refractivity contribution in [2.24, 2.45) is 10.9 Å². The van der Waals surface area contributed by atoms with Gasteiger partial charge < -0.3 is 9.64 Å². The molecule has 0 aromatic heterocycles. The topological polar surface area (TPSA) is 59.0 Å². The fraction of sp³-hybridized carbons (Fsp3) is 0.577. The fourth-order valence-electron chi connectivity index (χ4n) is 5.45. The molecular weight excluding hydrogens is 388 g/mol. The summed E-state index contributed by atoms with van der Waals surface area (Å²) in [4.78, 5) is 33.4. The Bertz CT molecular complexity index is 890. The quantitative estimate of drug-likeness (QED) is 0.591. The van der Waals surface area contributed by atoms with Gasteiger partial charge in [-0.25, -0.2) is 4.79 Å². The molecule has 4 rings (SSSR count). The molecule has 1 aliphatic heterocycles. The lowest BCUT2D eigenvalue weighted by Crippen LogP contribution is -2.39. The summed E-state index contributed by atoms with van der Waals surface area (Å²) in [5, 5.41) is 0. The number of allylic oxidation sites excluding steroid dienone is 1. The molecule has 0 saturated heterocycles. The molecule has 5 heteroatoms. The molecular formula is C26H34N2O3. The van der Waals surface area contributed by atoms with Crippen LogP contribution in [0.2, 0.25) is 0 Å². The summed E-state index contributed by atoms with van der Waals surface area (Å²) >= 11 is 0. The van der Waals surface area contributed by atoms with Gasteiger partial charge in [-0.2, -0.15) is 0 Å². The van der Waals surface area contributed by atoms with Crippen LogP contribution in [-0.2, 0) is 14.3 Å².